The second-order valence-electron chi connectivity index (χ2n) is 5.81. The van der Waals surface area contributed by atoms with Gasteiger partial charge < -0.3 is 10.6 Å². The first-order chi connectivity index (χ1) is 11.9. The number of benzene rings is 2. The number of nitro groups is 1. The van der Waals surface area contributed by atoms with Crippen LogP contribution in [0.3, 0.4) is 0 Å². The lowest BCUT2D eigenvalue weighted by Gasteiger charge is -2.19. The van der Waals surface area contributed by atoms with E-state index >= 15 is 0 Å². The molecule has 6 nitrogen and oxygen atoms in total. The Morgan fingerprint density at radius 2 is 1.88 bits per heavy atom. The number of anilines is 1. The molecule has 3 N–H and O–H groups in total. The molecular weight excluding hydrogens is 386 g/mol. The van der Waals surface area contributed by atoms with Crippen LogP contribution >= 0.6 is 15.9 Å². The summed E-state index contributed by atoms with van der Waals surface area (Å²) in [6.45, 7) is 3.86. The summed E-state index contributed by atoms with van der Waals surface area (Å²) in [5, 5.41) is 15.7. The van der Waals surface area contributed by atoms with Crippen LogP contribution in [0.1, 0.15) is 31.9 Å². The number of quaternary nitrogens is 1. The smallest absolute Gasteiger partial charge is 0.292 e. The summed E-state index contributed by atoms with van der Waals surface area (Å²) in [4.78, 5) is 23.0. The number of carbonyl (C=O) groups excluding carboxylic acids is 1. The number of nitrogens with two attached hydrogens (primary N) is 1. The summed E-state index contributed by atoms with van der Waals surface area (Å²) in [6.07, 6.45) is 0.866. The van der Waals surface area contributed by atoms with E-state index in [1.165, 1.54) is 12.1 Å². The van der Waals surface area contributed by atoms with Crippen molar-refractivity contribution in [1.29, 1.82) is 0 Å². The molecule has 2 aromatic rings. The van der Waals surface area contributed by atoms with Gasteiger partial charge in [0, 0.05) is 22.5 Å². The zero-order valence-electron chi connectivity index (χ0n) is 14.1. The van der Waals surface area contributed by atoms with Crippen LogP contribution < -0.4 is 10.6 Å². The van der Waals surface area contributed by atoms with Crippen LogP contribution in [-0.2, 0) is 4.79 Å². The third kappa shape index (κ3) is 5.11. The standard InChI is InChI=1S/C18H20BrN3O3/c1-3-15(13-8-10-14(19)11-9-13)20-12(2)18(23)21-16-6-4-5-7-17(16)22(24)25/h4-12,15,20H,3H2,1-2H3,(H,21,23)/p+1/t12-,15+/m1/s1. The summed E-state index contributed by atoms with van der Waals surface area (Å²) in [5.41, 5.74) is 1.24. The second kappa shape index (κ2) is 8.73. The molecule has 0 bridgehead atoms. The molecular formula is C18H21BrN3O3+. The minimum atomic E-state index is -0.499. The lowest BCUT2D eigenvalue weighted by Crippen LogP contribution is -2.92. The molecule has 0 spiro atoms. The Morgan fingerprint density at radius 1 is 1.24 bits per heavy atom. The Kier molecular flexibility index (Phi) is 6.66. The Bertz CT molecular complexity index is 749. The normalized spacial score (nSPS) is 13.1. The highest BCUT2D eigenvalue weighted by molar-refractivity contribution is 9.10. The SMILES string of the molecule is CC[C@H]([NH2+][C@H](C)C(=O)Nc1ccccc1[N+](=O)[O-])c1ccc(Br)cc1. The fourth-order valence-corrected chi connectivity index (χ4v) is 2.88. The van der Waals surface area contributed by atoms with Gasteiger partial charge >= 0.3 is 0 Å². The number of nitrogens with one attached hydrogen (secondary N) is 1. The van der Waals surface area contributed by atoms with E-state index in [1.807, 2.05) is 29.6 Å². The van der Waals surface area contributed by atoms with Gasteiger partial charge in [-0.1, -0.05) is 47.1 Å². The molecule has 2 rings (SSSR count). The molecule has 0 saturated carbocycles. The molecule has 0 aliphatic carbocycles. The Balaban J connectivity index is 2.07. The highest BCUT2D eigenvalue weighted by atomic mass is 79.9. The predicted octanol–water partition coefficient (Wildman–Crippen LogP) is 3.40. The van der Waals surface area contributed by atoms with E-state index in [2.05, 4.69) is 28.2 Å². The number of nitrogens with zero attached hydrogens (tertiary/aromatic N) is 1. The first-order valence-electron chi connectivity index (χ1n) is 8.07. The van der Waals surface area contributed by atoms with Crippen LogP contribution in [0, 0.1) is 10.1 Å². The van der Waals surface area contributed by atoms with Gasteiger partial charge in [-0.3, -0.25) is 14.9 Å². The molecule has 0 aliphatic heterocycles. The zero-order chi connectivity index (χ0) is 18.4. The van der Waals surface area contributed by atoms with Gasteiger partial charge in [-0.05, 0) is 25.1 Å². The largest absolute Gasteiger partial charge is 0.330 e. The Morgan fingerprint density at radius 3 is 2.48 bits per heavy atom. The second-order valence-corrected chi connectivity index (χ2v) is 6.73. The van der Waals surface area contributed by atoms with Gasteiger partial charge in [-0.25, -0.2) is 0 Å². The van der Waals surface area contributed by atoms with Crippen LogP contribution in [0.15, 0.2) is 53.0 Å². The van der Waals surface area contributed by atoms with E-state index in [0.29, 0.717) is 0 Å². The number of halogens is 1. The third-order valence-corrected chi connectivity index (χ3v) is 4.56. The maximum Gasteiger partial charge on any atom is 0.292 e. The zero-order valence-corrected chi connectivity index (χ0v) is 15.7. The lowest BCUT2D eigenvalue weighted by molar-refractivity contribution is -0.713. The van der Waals surface area contributed by atoms with E-state index in [9.17, 15) is 14.9 Å². The van der Waals surface area contributed by atoms with Crippen LogP contribution in [0.2, 0.25) is 0 Å². The minimum absolute atomic E-state index is 0.108. The molecule has 7 heteroatoms. The van der Waals surface area contributed by atoms with Gasteiger partial charge in [0.2, 0.25) is 0 Å². The van der Waals surface area contributed by atoms with E-state index in [0.717, 1.165) is 16.5 Å². The average molecular weight is 407 g/mol. The Hall–Kier alpha value is -2.25. The number of rotatable bonds is 7. The molecule has 132 valence electrons. The summed E-state index contributed by atoms with van der Waals surface area (Å²) in [7, 11) is 0. The van der Waals surface area contributed by atoms with Crippen molar-refractivity contribution in [1.82, 2.24) is 0 Å². The summed E-state index contributed by atoms with van der Waals surface area (Å²) in [6, 6.07) is 13.9. The average Bonchev–Trinajstić information content (AvgIpc) is 2.60. The highest BCUT2D eigenvalue weighted by Gasteiger charge is 2.24. The van der Waals surface area contributed by atoms with Gasteiger partial charge in [-0.2, -0.15) is 0 Å². The topological polar surface area (TPSA) is 88.8 Å². The van der Waals surface area contributed by atoms with Gasteiger partial charge in [-0.15, -0.1) is 0 Å². The molecule has 25 heavy (non-hydrogen) atoms. The third-order valence-electron chi connectivity index (χ3n) is 4.03. The molecule has 0 unspecified atom stereocenters. The molecule has 1 amide bonds. The van der Waals surface area contributed by atoms with Crippen molar-refractivity contribution < 1.29 is 15.0 Å². The molecule has 0 aromatic heterocycles. The van der Waals surface area contributed by atoms with E-state index in [1.54, 1.807) is 19.1 Å². The number of hydrogen-bond donors (Lipinski definition) is 2. The predicted molar refractivity (Wildman–Crippen MR) is 100 cm³/mol. The van der Waals surface area contributed by atoms with Gasteiger partial charge in [0.25, 0.3) is 11.6 Å². The number of nitro benzene ring substituents is 1. The number of hydrogen-bond acceptors (Lipinski definition) is 3. The lowest BCUT2D eigenvalue weighted by atomic mass is 10.0. The van der Waals surface area contributed by atoms with Gasteiger partial charge in [0.15, 0.2) is 6.04 Å². The fourth-order valence-electron chi connectivity index (χ4n) is 2.61. The molecule has 2 aromatic carbocycles. The summed E-state index contributed by atoms with van der Waals surface area (Å²) < 4.78 is 1.01. The van der Waals surface area contributed by atoms with Crippen molar-refractivity contribution in [3.63, 3.8) is 0 Å². The molecule has 0 fully saturated rings. The number of amides is 1. The van der Waals surface area contributed by atoms with Crippen molar-refractivity contribution in [3.05, 3.63) is 68.7 Å². The van der Waals surface area contributed by atoms with Crippen molar-refractivity contribution >= 4 is 33.2 Å². The maximum absolute atomic E-state index is 12.5. The summed E-state index contributed by atoms with van der Waals surface area (Å²) >= 11 is 3.42. The molecule has 2 atom stereocenters. The van der Waals surface area contributed by atoms with Crippen LogP contribution in [0.25, 0.3) is 0 Å². The van der Waals surface area contributed by atoms with Crippen molar-refractivity contribution in [2.45, 2.75) is 32.4 Å². The van der Waals surface area contributed by atoms with E-state index in [-0.39, 0.29) is 29.4 Å². The fraction of sp³-hybridized carbons (Fsp3) is 0.278. The van der Waals surface area contributed by atoms with Crippen molar-refractivity contribution in [2.75, 3.05) is 5.32 Å². The monoisotopic (exact) mass is 406 g/mol. The maximum atomic E-state index is 12.5. The van der Waals surface area contributed by atoms with Gasteiger partial charge in [0.1, 0.15) is 11.7 Å². The van der Waals surface area contributed by atoms with E-state index < -0.39 is 4.92 Å². The molecule has 0 radical (unpaired) electrons. The molecule has 0 saturated heterocycles. The Labute approximate surface area is 154 Å². The minimum Gasteiger partial charge on any atom is -0.330 e. The quantitative estimate of drug-likeness (QED) is 0.545. The number of para-hydroxylation sites is 2. The number of carbonyl (C=O) groups is 1. The van der Waals surface area contributed by atoms with Crippen molar-refractivity contribution in [3.8, 4) is 0 Å². The molecule has 0 heterocycles. The molecule has 0 aliphatic rings. The van der Waals surface area contributed by atoms with E-state index in [4.69, 9.17) is 0 Å². The first-order valence-corrected chi connectivity index (χ1v) is 8.86. The highest BCUT2D eigenvalue weighted by Crippen LogP contribution is 2.23. The van der Waals surface area contributed by atoms with Crippen molar-refractivity contribution in [2.24, 2.45) is 0 Å². The van der Waals surface area contributed by atoms with Crippen LogP contribution in [0.5, 0.6) is 0 Å². The van der Waals surface area contributed by atoms with Crippen LogP contribution in [-0.4, -0.2) is 16.9 Å². The first kappa shape index (κ1) is 19.1. The van der Waals surface area contributed by atoms with Crippen LogP contribution in [0.4, 0.5) is 11.4 Å². The summed E-state index contributed by atoms with van der Waals surface area (Å²) in [5.74, 6) is -0.259. The van der Waals surface area contributed by atoms with Gasteiger partial charge in [0.05, 0.1) is 4.92 Å².